The van der Waals surface area contributed by atoms with Gasteiger partial charge in [0.05, 0.1) is 42.0 Å². The van der Waals surface area contributed by atoms with E-state index in [0.717, 1.165) is 60.8 Å². The van der Waals surface area contributed by atoms with Gasteiger partial charge < -0.3 is 24.9 Å². The van der Waals surface area contributed by atoms with Crippen LogP contribution in [0.3, 0.4) is 0 Å². The topological polar surface area (TPSA) is 172 Å². The quantitative estimate of drug-likeness (QED) is 0.306. The summed E-state index contributed by atoms with van der Waals surface area (Å²) in [5.74, 6) is -0.401. The van der Waals surface area contributed by atoms with Gasteiger partial charge in [0.25, 0.3) is 5.56 Å². The molecule has 2 aromatic carbocycles. The molecule has 3 heterocycles. The number of carbonyl (C=O) groups excluding carboxylic acids is 1. The largest absolute Gasteiger partial charge is 0.465 e. The van der Waals surface area contributed by atoms with Crippen molar-refractivity contribution in [1.82, 2.24) is 9.66 Å². The van der Waals surface area contributed by atoms with Gasteiger partial charge in [-0.05, 0) is 86.1 Å². The third-order valence-corrected chi connectivity index (χ3v) is 7.45. The average molecular weight is 575 g/mol. The summed E-state index contributed by atoms with van der Waals surface area (Å²) in [4.78, 5) is 40.4. The second kappa shape index (κ2) is 11.8. The molecule has 0 radical (unpaired) electrons. The van der Waals surface area contributed by atoms with Crippen molar-refractivity contribution in [3.05, 3.63) is 72.9 Å². The number of carbonyl (C=O) groups is 1. The number of methoxy groups -OCH3 is 1. The van der Waals surface area contributed by atoms with Crippen molar-refractivity contribution < 1.29 is 27.4 Å². The van der Waals surface area contributed by atoms with E-state index in [1.807, 2.05) is 24.7 Å². The van der Waals surface area contributed by atoms with E-state index in [2.05, 4.69) is 4.98 Å². The van der Waals surface area contributed by atoms with E-state index in [1.165, 1.54) is 7.11 Å². The summed E-state index contributed by atoms with van der Waals surface area (Å²) >= 11 is 0. The van der Waals surface area contributed by atoms with Crippen LogP contribution < -0.4 is 21.8 Å². The molecule has 5 rings (SSSR count). The molecule has 2 fully saturated rings. The molecule has 0 amide bonds. The number of anilines is 1. The molecule has 3 aromatic rings. The number of nitrogens with one attached hydrogen (secondary N) is 2. The molecule has 1 aromatic heterocycles. The Morgan fingerprint density at radius 1 is 1.02 bits per heavy atom. The first kappa shape index (κ1) is 29.3. The number of esters is 1. The van der Waals surface area contributed by atoms with E-state index in [0.29, 0.717) is 28.1 Å². The number of aromatic nitrogens is 2. The van der Waals surface area contributed by atoms with Gasteiger partial charge in [-0.15, -0.1) is 0 Å². The van der Waals surface area contributed by atoms with Crippen LogP contribution >= 0.6 is 0 Å². The van der Waals surface area contributed by atoms with Crippen LogP contribution in [0.2, 0.25) is 0 Å². The lowest BCUT2D eigenvalue weighted by atomic mass is 9.97. The number of benzene rings is 2. The number of nitrogens with two attached hydrogens (primary N) is 1. The maximum absolute atomic E-state index is 12.5. The molecule has 2 aliphatic heterocycles. The Labute approximate surface area is 231 Å². The number of hydrogen-bond acceptors (Lipinski definition) is 9. The van der Waals surface area contributed by atoms with Crippen molar-refractivity contribution >= 4 is 32.6 Å². The van der Waals surface area contributed by atoms with Gasteiger partial charge in [-0.2, -0.15) is 4.68 Å². The first-order valence-electron chi connectivity index (χ1n) is 12.9. The SMILES string of the molecule is COC(=O)c1cc(C2CCCO2)c(C)cc1N.Cc1cc2[nH]c(=O)n(NS(C)(=O)=O)c(=O)c2cc1C1CCCO1. The van der Waals surface area contributed by atoms with Crippen LogP contribution in [0.25, 0.3) is 10.9 Å². The van der Waals surface area contributed by atoms with Gasteiger partial charge in [0.2, 0.25) is 10.0 Å². The second-order valence-corrected chi connectivity index (χ2v) is 11.7. The highest BCUT2D eigenvalue weighted by atomic mass is 32.2. The fourth-order valence-electron chi connectivity index (χ4n) is 5.01. The van der Waals surface area contributed by atoms with Crippen LogP contribution in [-0.2, 0) is 24.2 Å². The van der Waals surface area contributed by atoms with Gasteiger partial charge in [0.15, 0.2) is 0 Å². The molecule has 2 unspecified atom stereocenters. The van der Waals surface area contributed by atoms with Crippen LogP contribution in [0.5, 0.6) is 0 Å². The predicted molar refractivity (Wildman–Crippen MR) is 151 cm³/mol. The Morgan fingerprint density at radius 3 is 2.12 bits per heavy atom. The highest BCUT2D eigenvalue weighted by Crippen LogP contribution is 2.33. The zero-order chi connectivity index (χ0) is 29.2. The first-order chi connectivity index (χ1) is 18.9. The third kappa shape index (κ3) is 6.37. The lowest BCUT2D eigenvalue weighted by Crippen LogP contribution is -2.43. The number of nitrogen functional groups attached to an aromatic ring is 1. The van der Waals surface area contributed by atoms with Crippen molar-refractivity contribution in [3.8, 4) is 0 Å². The Balaban J connectivity index is 0.000000194. The summed E-state index contributed by atoms with van der Waals surface area (Å²) in [6.07, 6.45) is 4.74. The normalized spacial score (nSPS) is 18.8. The predicted octanol–water partition coefficient (Wildman–Crippen LogP) is 2.57. The molecule has 0 saturated carbocycles. The summed E-state index contributed by atoms with van der Waals surface area (Å²) in [5.41, 5.74) is 9.40. The number of nitrogens with zero attached hydrogens (tertiary/aromatic N) is 1. The standard InChI is InChI=1S/C14H17N3O5S.C13H17NO3/c1-8-6-11-10(7-9(8)12-4-3-5-22-12)13(18)17(14(19)15-11)16-23(2,20)21;1-8-6-11(14)10(13(15)16-2)7-9(8)12-4-3-5-17-12/h6-7,12,16H,3-5H2,1-2H3,(H,15,19);6-7,12H,3-5,14H2,1-2H3. The van der Waals surface area contributed by atoms with Crippen molar-refractivity contribution in [2.24, 2.45) is 0 Å². The zero-order valence-electron chi connectivity index (χ0n) is 22.9. The molecule has 40 heavy (non-hydrogen) atoms. The number of hydrogen-bond donors (Lipinski definition) is 3. The molecule has 4 N–H and O–H groups in total. The number of H-pyrrole nitrogens is 1. The Hall–Kier alpha value is -3.68. The van der Waals surface area contributed by atoms with E-state index < -0.39 is 27.2 Å². The smallest absolute Gasteiger partial charge is 0.348 e. The fraction of sp³-hybridized carbons (Fsp3) is 0.444. The van der Waals surface area contributed by atoms with Crippen molar-refractivity contribution in [1.29, 1.82) is 0 Å². The summed E-state index contributed by atoms with van der Waals surface area (Å²) in [6.45, 7) is 5.32. The van der Waals surface area contributed by atoms with E-state index in [1.54, 1.807) is 18.2 Å². The minimum absolute atomic E-state index is 0.0814. The summed E-state index contributed by atoms with van der Waals surface area (Å²) < 4.78 is 39.1. The maximum Gasteiger partial charge on any atom is 0.348 e. The maximum atomic E-state index is 12.5. The zero-order valence-corrected chi connectivity index (χ0v) is 23.7. The van der Waals surface area contributed by atoms with Crippen molar-refractivity contribution in [3.63, 3.8) is 0 Å². The Morgan fingerprint density at radius 2 is 1.60 bits per heavy atom. The van der Waals surface area contributed by atoms with Gasteiger partial charge >= 0.3 is 11.7 Å². The number of sulfonamides is 1. The van der Waals surface area contributed by atoms with E-state index in [-0.39, 0.29) is 17.6 Å². The number of aryl methyl sites for hydroxylation is 2. The van der Waals surface area contributed by atoms with Crippen LogP contribution in [0.1, 0.15) is 70.5 Å². The van der Waals surface area contributed by atoms with E-state index in [4.69, 9.17) is 19.9 Å². The lowest BCUT2D eigenvalue weighted by molar-refractivity contribution is 0.0601. The summed E-state index contributed by atoms with van der Waals surface area (Å²) in [5, 5.41) is 0.233. The number of ether oxygens (including phenoxy) is 3. The first-order valence-corrected chi connectivity index (χ1v) is 14.8. The molecule has 13 heteroatoms. The molecule has 2 aliphatic rings. The molecular weight excluding hydrogens is 540 g/mol. The Kier molecular flexibility index (Phi) is 8.66. The summed E-state index contributed by atoms with van der Waals surface area (Å²) in [6, 6.07) is 6.98. The molecule has 0 bridgehead atoms. The van der Waals surface area contributed by atoms with Gasteiger partial charge in [0.1, 0.15) is 0 Å². The molecule has 2 atom stereocenters. The summed E-state index contributed by atoms with van der Waals surface area (Å²) in [7, 11) is -2.40. The fourth-order valence-corrected chi connectivity index (χ4v) is 5.51. The molecule has 216 valence electrons. The molecule has 0 spiro atoms. The van der Waals surface area contributed by atoms with Gasteiger partial charge in [-0.1, -0.05) is 0 Å². The van der Waals surface area contributed by atoms with Gasteiger partial charge in [-0.25, -0.2) is 22.8 Å². The van der Waals surface area contributed by atoms with Crippen LogP contribution in [0.4, 0.5) is 5.69 Å². The lowest BCUT2D eigenvalue weighted by Gasteiger charge is -2.15. The highest BCUT2D eigenvalue weighted by molar-refractivity contribution is 7.91. The minimum Gasteiger partial charge on any atom is -0.465 e. The van der Waals surface area contributed by atoms with Crippen LogP contribution in [-0.4, -0.2) is 50.6 Å². The van der Waals surface area contributed by atoms with Gasteiger partial charge in [0, 0.05) is 18.9 Å². The Bertz CT molecular complexity index is 1650. The van der Waals surface area contributed by atoms with E-state index in [9.17, 15) is 22.8 Å². The van der Waals surface area contributed by atoms with Gasteiger partial charge in [-0.3, -0.25) is 4.79 Å². The monoisotopic (exact) mass is 574 g/mol. The van der Waals surface area contributed by atoms with Crippen molar-refractivity contribution in [2.75, 3.05) is 37.1 Å². The molecule has 12 nitrogen and oxygen atoms in total. The second-order valence-electron chi connectivity index (χ2n) is 9.98. The third-order valence-electron chi connectivity index (χ3n) is 6.94. The average Bonchev–Trinajstić information content (AvgIpc) is 3.61. The van der Waals surface area contributed by atoms with E-state index >= 15 is 0 Å². The highest BCUT2D eigenvalue weighted by Gasteiger charge is 2.23. The van der Waals surface area contributed by atoms with Crippen LogP contribution in [0.15, 0.2) is 33.9 Å². The number of rotatable bonds is 5. The minimum atomic E-state index is -3.76. The number of fused-ring (bicyclic) bond motifs is 1. The molecule has 0 aliphatic carbocycles. The molecule has 2 saturated heterocycles. The van der Waals surface area contributed by atoms with Crippen LogP contribution in [0, 0.1) is 13.8 Å². The molecular formula is C27H34N4O8S. The van der Waals surface area contributed by atoms with Crippen molar-refractivity contribution in [2.45, 2.75) is 51.7 Å². The number of aromatic amines is 1.